The molecule has 7 heteroatoms. The van der Waals surface area contributed by atoms with Crippen LogP contribution in [0.1, 0.15) is 15.9 Å². The Balaban J connectivity index is 2.51. The Kier molecular flexibility index (Phi) is 4.69. The summed E-state index contributed by atoms with van der Waals surface area (Å²) in [4.78, 5) is 11.8. The number of amides is 1. The minimum Gasteiger partial charge on any atom is -0.399 e. The van der Waals surface area contributed by atoms with Crippen molar-refractivity contribution in [3.05, 3.63) is 29.3 Å². The largest absolute Gasteiger partial charge is 0.399 e. The lowest BCUT2D eigenvalue weighted by molar-refractivity contribution is 0.0954. The number of sulfonamides is 1. The summed E-state index contributed by atoms with van der Waals surface area (Å²) in [6.45, 7) is 2.19. The van der Waals surface area contributed by atoms with E-state index in [1.807, 2.05) is 0 Å². The molecule has 0 saturated heterocycles. The van der Waals surface area contributed by atoms with E-state index >= 15 is 0 Å². The SMILES string of the molecule is Cc1cc(N)ccc1C(=O)NCCNS(C)(=O)=O. The van der Waals surface area contributed by atoms with Crippen LogP contribution in [0.2, 0.25) is 0 Å². The predicted molar refractivity (Wildman–Crippen MR) is 70.8 cm³/mol. The molecule has 18 heavy (non-hydrogen) atoms. The van der Waals surface area contributed by atoms with Crippen molar-refractivity contribution in [3.8, 4) is 0 Å². The Morgan fingerprint density at radius 2 is 2.00 bits per heavy atom. The fourth-order valence-electron chi connectivity index (χ4n) is 1.45. The maximum atomic E-state index is 11.8. The van der Waals surface area contributed by atoms with Gasteiger partial charge in [-0.1, -0.05) is 0 Å². The van der Waals surface area contributed by atoms with Gasteiger partial charge in [0, 0.05) is 24.3 Å². The van der Waals surface area contributed by atoms with Crippen LogP contribution in [0.3, 0.4) is 0 Å². The van der Waals surface area contributed by atoms with Gasteiger partial charge in [0.15, 0.2) is 0 Å². The average molecular weight is 271 g/mol. The molecule has 0 aromatic heterocycles. The summed E-state index contributed by atoms with van der Waals surface area (Å²) in [5, 5.41) is 2.63. The molecular formula is C11H17N3O3S. The lowest BCUT2D eigenvalue weighted by Crippen LogP contribution is -2.34. The third-order valence-electron chi connectivity index (χ3n) is 2.27. The molecule has 0 spiro atoms. The Hall–Kier alpha value is -1.60. The summed E-state index contributed by atoms with van der Waals surface area (Å²) in [5.41, 5.74) is 7.50. The maximum Gasteiger partial charge on any atom is 0.251 e. The van der Waals surface area contributed by atoms with E-state index in [1.165, 1.54) is 0 Å². The van der Waals surface area contributed by atoms with Crippen molar-refractivity contribution in [2.24, 2.45) is 0 Å². The number of hydrogen-bond acceptors (Lipinski definition) is 4. The number of nitrogens with two attached hydrogens (primary N) is 1. The summed E-state index contributed by atoms with van der Waals surface area (Å²) in [5.74, 6) is -0.247. The number of hydrogen-bond donors (Lipinski definition) is 3. The van der Waals surface area contributed by atoms with E-state index in [4.69, 9.17) is 5.73 Å². The first kappa shape index (κ1) is 14.5. The van der Waals surface area contributed by atoms with Crippen LogP contribution in [0.4, 0.5) is 5.69 Å². The highest BCUT2D eigenvalue weighted by Crippen LogP contribution is 2.11. The van der Waals surface area contributed by atoms with Crippen molar-refractivity contribution in [1.29, 1.82) is 0 Å². The molecule has 0 unspecified atom stereocenters. The number of carbonyl (C=O) groups excluding carboxylic acids is 1. The summed E-state index contributed by atoms with van der Waals surface area (Å²) >= 11 is 0. The van der Waals surface area contributed by atoms with E-state index in [0.717, 1.165) is 11.8 Å². The standard InChI is InChI=1S/C11H17N3O3S/c1-8-7-9(12)3-4-10(8)11(15)13-5-6-14-18(2,16)17/h3-4,7,14H,5-6,12H2,1-2H3,(H,13,15). The zero-order valence-corrected chi connectivity index (χ0v) is 11.2. The second-order valence-electron chi connectivity index (χ2n) is 4.00. The fourth-order valence-corrected chi connectivity index (χ4v) is 1.92. The van der Waals surface area contributed by atoms with E-state index in [9.17, 15) is 13.2 Å². The molecule has 1 aromatic carbocycles. The topological polar surface area (TPSA) is 101 Å². The Labute approximate surface area is 107 Å². The maximum absolute atomic E-state index is 11.8. The van der Waals surface area contributed by atoms with Crippen molar-refractivity contribution < 1.29 is 13.2 Å². The highest BCUT2D eigenvalue weighted by atomic mass is 32.2. The van der Waals surface area contributed by atoms with Gasteiger partial charge in [-0.25, -0.2) is 13.1 Å². The Bertz CT molecular complexity index is 540. The molecule has 6 nitrogen and oxygen atoms in total. The zero-order valence-electron chi connectivity index (χ0n) is 10.4. The number of rotatable bonds is 5. The van der Waals surface area contributed by atoms with Gasteiger partial charge < -0.3 is 11.1 Å². The Morgan fingerprint density at radius 1 is 1.33 bits per heavy atom. The van der Waals surface area contributed by atoms with Crippen LogP contribution in [-0.4, -0.2) is 33.7 Å². The molecule has 4 N–H and O–H groups in total. The molecule has 0 aliphatic heterocycles. The minimum absolute atomic E-state index is 0.165. The first-order valence-electron chi connectivity index (χ1n) is 5.38. The van der Waals surface area contributed by atoms with Gasteiger partial charge in [-0.2, -0.15) is 0 Å². The molecule has 0 fully saturated rings. The van der Waals surface area contributed by atoms with Gasteiger partial charge >= 0.3 is 0 Å². The summed E-state index contributed by atoms with van der Waals surface area (Å²) in [7, 11) is -3.22. The van der Waals surface area contributed by atoms with E-state index < -0.39 is 10.0 Å². The molecule has 0 aliphatic carbocycles. The monoisotopic (exact) mass is 271 g/mol. The van der Waals surface area contributed by atoms with Crippen LogP contribution >= 0.6 is 0 Å². The highest BCUT2D eigenvalue weighted by Gasteiger charge is 2.08. The van der Waals surface area contributed by atoms with Crippen LogP contribution in [0, 0.1) is 6.92 Å². The van der Waals surface area contributed by atoms with Crippen molar-refractivity contribution >= 4 is 21.6 Å². The molecule has 0 aliphatic rings. The third kappa shape index (κ3) is 4.72. The molecule has 100 valence electrons. The Morgan fingerprint density at radius 3 is 2.56 bits per heavy atom. The molecule has 0 radical (unpaired) electrons. The van der Waals surface area contributed by atoms with E-state index in [-0.39, 0.29) is 19.0 Å². The predicted octanol–water partition coefficient (Wildman–Crippen LogP) is -0.144. The number of anilines is 1. The molecule has 0 saturated carbocycles. The van der Waals surface area contributed by atoms with E-state index in [1.54, 1.807) is 25.1 Å². The van der Waals surface area contributed by atoms with Crippen LogP contribution in [0.15, 0.2) is 18.2 Å². The van der Waals surface area contributed by atoms with Gasteiger partial charge in [0.2, 0.25) is 10.0 Å². The number of benzene rings is 1. The van der Waals surface area contributed by atoms with Crippen molar-refractivity contribution in [2.45, 2.75) is 6.92 Å². The van der Waals surface area contributed by atoms with Gasteiger partial charge in [0.25, 0.3) is 5.91 Å². The lowest BCUT2D eigenvalue weighted by Gasteiger charge is -2.08. The van der Waals surface area contributed by atoms with Gasteiger partial charge in [-0.15, -0.1) is 0 Å². The van der Waals surface area contributed by atoms with Crippen LogP contribution in [0.5, 0.6) is 0 Å². The second kappa shape index (κ2) is 5.83. The van der Waals surface area contributed by atoms with Crippen molar-refractivity contribution in [3.63, 3.8) is 0 Å². The zero-order chi connectivity index (χ0) is 13.8. The van der Waals surface area contributed by atoms with Crippen LogP contribution < -0.4 is 15.8 Å². The van der Waals surface area contributed by atoms with Gasteiger partial charge in [-0.05, 0) is 30.7 Å². The quantitative estimate of drug-likeness (QED) is 0.512. The van der Waals surface area contributed by atoms with Crippen LogP contribution in [-0.2, 0) is 10.0 Å². The average Bonchev–Trinajstić information content (AvgIpc) is 2.22. The molecule has 0 atom stereocenters. The number of aryl methyl sites for hydroxylation is 1. The number of nitrogen functional groups attached to an aromatic ring is 1. The van der Waals surface area contributed by atoms with E-state index in [2.05, 4.69) is 10.0 Å². The first-order valence-corrected chi connectivity index (χ1v) is 7.28. The van der Waals surface area contributed by atoms with Gasteiger partial charge in [-0.3, -0.25) is 4.79 Å². The molecular weight excluding hydrogens is 254 g/mol. The summed E-state index contributed by atoms with van der Waals surface area (Å²) in [6, 6.07) is 5.00. The second-order valence-corrected chi connectivity index (χ2v) is 5.83. The van der Waals surface area contributed by atoms with Crippen molar-refractivity contribution in [2.75, 3.05) is 25.1 Å². The molecule has 1 rings (SSSR count). The van der Waals surface area contributed by atoms with E-state index in [0.29, 0.717) is 11.3 Å². The van der Waals surface area contributed by atoms with Crippen LogP contribution in [0.25, 0.3) is 0 Å². The normalized spacial score (nSPS) is 11.2. The number of nitrogens with one attached hydrogen (secondary N) is 2. The number of carbonyl (C=O) groups is 1. The van der Waals surface area contributed by atoms with Gasteiger partial charge in [0.1, 0.15) is 0 Å². The fraction of sp³-hybridized carbons (Fsp3) is 0.364. The first-order chi connectivity index (χ1) is 8.29. The molecule has 1 amide bonds. The minimum atomic E-state index is -3.22. The summed E-state index contributed by atoms with van der Waals surface area (Å²) < 4.78 is 23.9. The molecule has 1 aromatic rings. The van der Waals surface area contributed by atoms with Gasteiger partial charge in [0.05, 0.1) is 6.26 Å². The molecule has 0 bridgehead atoms. The third-order valence-corrected chi connectivity index (χ3v) is 3.00. The van der Waals surface area contributed by atoms with Crippen molar-refractivity contribution in [1.82, 2.24) is 10.0 Å². The highest BCUT2D eigenvalue weighted by molar-refractivity contribution is 7.88. The molecule has 0 heterocycles. The summed E-state index contributed by atoms with van der Waals surface area (Å²) in [6.07, 6.45) is 1.07. The smallest absolute Gasteiger partial charge is 0.251 e. The lowest BCUT2D eigenvalue weighted by atomic mass is 10.1.